The van der Waals surface area contributed by atoms with E-state index in [2.05, 4.69) is 54.5 Å². The molecule has 0 aliphatic heterocycles. The third kappa shape index (κ3) is 3.81. The first-order valence-electron chi connectivity index (χ1n) is 7.79. The Balaban J connectivity index is 1.83. The van der Waals surface area contributed by atoms with Gasteiger partial charge in [-0.25, -0.2) is 0 Å². The Labute approximate surface area is 123 Å². The van der Waals surface area contributed by atoms with Crippen LogP contribution in [0.4, 0.5) is 0 Å². The summed E-state index contributed by atoms with van der Waals surface area (Å²) in [6.45, 7) is 4.39. The van der Waals surface area contributed by atoms with Crippen LogP contribution in [0.25, 0.3) is 0 Å². The molecule has 2 N–H and O–H groups in total. The zero-order chi connectivity index (χ0) is 14.4. The lowest BCUT2D eigenvalue weighted by atomic mass is 9.98. The zero-order valence-electron chi connectivity index (χ0n) is 12.8. The summed E-state index contributed by atoms with van der Waals surface area (Å²) in [5, 5.41) is 13.2. The van der Waals surface area contributed by atoms with Crippen molar-refractivity contribution in [2.24, 2.45) is 0 Å². The number of hydrogen-bond donors (Lipinski definition) is 2. The van der Waals surface area contributed by atoms with Crippen molar-refractivity contribution in [3.8, 4) is 0 Å². The van der Waals surface area contributed by atoms with Crippen LogP contribution in [0.15, 0.2) is 30.3 Å². The van der Waals surface area contributed by atoms with Crippen LogP contribution in [0.2, 0.25) is 0 Å². The molecule has 1 fully saturated rings. The minimum atomic E-state index is -0.0412. The molecule has 0 heterocycles. The quantitative estimate of drug-likeness (QED) is 0.800. The summed E-state index contributed by atoms with van der Waals surface area (Å²) in [7, 11) is 2.22. The van der Waals surface area contributed by atoms with Crippen LogP contribution in [0.3, 0.4) is 0 Å². The van der Waals surface area contributed by atoms with Gasteiger partial charge in [0.15, 0.2) is 0 Å². The lowest BCUT2D eigenvalue weighted by molar-refractivity contribution is 0.152. The lowest BCUT2D eigenvalue weighted by Crippen LogP contribution is -2.47. The molecule has 0 bridgehead atoms. The summed E-state index contributed by atoms with van der Waals surface area (Å²) in [5.74, 6) is 0. The number of rotatable bonds is 7. The molecule has 1 saturated carbocycles. The van der Waals surface area contributed by atoms with Crippen molar-refractivity contribution < 1.29 is 5.11 Å². The van der Waals surface area contributed by atoms with Crippen LogP contribution >= 0.6 is 0 Å². The molecular weight excluding hydrogens is 248 g/mol. The minimum Gasteiger partial charge on any atom is -0.394 e. The highest BCUT2D eigenvalue weighted by molar-refractivity contribution is 5.15. The topological polar surface area (TPSA) is 35.5 Å². The number of likely N-dealkylation sites (N-methyl/N-ethyl adjacent to an activating group) is 2. The average Bonchev–Trinajstić information content (AvgIpc) is 2.91. The van der Waals surface area contributed by atoms with Crippen LogP contribution in [0, 0.1) is 0 Å². The molecule has 1 aliphatic carbocycles. The van der Waals surface area contributed by atoms with Crippen LogP contribution in [0.1, 0.15) is 31.7 Å². The zero-order valence-corrected chi connectivity index (χ0v) is 12.8. The Hall–Kier alpha value is -0.900. The van der Waals surface area contributed by atoms with Crippen molar-refractivity contribution in [1.29, 1.82) is 0 Å². The normalized spacial score (nSPS) is 26.3. The van der Waals surface area contributed by atoms with Gasteiger partial charge in [0.05, 0.1) is 6.61 Å². The van der Waals surface area contributed by atoms with Crippen molar-refractivity contribution in [1.82, 2.24) is 10.2 Å². The molecule has 0 aromatic heterocycles. The molecule has 112 valence electrons. The fourth-order valence-corrected chi connectivity index (χ4v) is 3.34. The fraction of sp³-hybridized carbons (Fsp3) is 0.647. The Bertz CT molecular complexity index is 395. The molecule has 20 heavy (non-hydrogen) atoms. The maximum absolute atomic E-state index is 9.67. The molecule has 2 atom stereocenters. The highest BCUT2D eigenvalue weighted by Crippen LogP contribution is 2.32. The van der Waals surface area contributed by atoms with Gasteiger partial charge >= 0.3 is 0 Å². The van der Waals surface area contributed by atoms with Gasteiger partial charge in [0.2, 0.25) is 0 Å². The SMILES string of the molecule is CCNC1(CO)CCC(N(C)CCc2ccccc2)C1. The number of aliphatic hydroxyl groups is 1. The molecule has 0 amide bonds. The van der Waals surface area contributed by atoms with Gasteiger partial charge in [0.25, 0.3) is 0 Å². The molecule has 1 aromatic rings. The van der Waals surface area contributed by atoms with Crippen molar-refractivity contribution in [3.63, 3.8) is 0 Å². The van der Waals surface area contributed by atoms with Gasteiger partial charge < -0.3 is 15.3 Å². The van der Waals surface area contributed by atoms with E-state index in [1.165, 1.54) is 12.0 Å². The number of hydrogen-bond acceptors (Lipinski definition) is 3. The van der Waals surface area contributed by atoms with Gasteiger partial charge in [0.1, 0.15) is 0 Å². The number of benzene rings is 1. The van der Waals surface area contributed by atoms with E-state index in [4.69, 9.17) is 0 Å². The van der Waals surface area contributed by atoms with E-state index < -0.39 is 0 Å². The van der Waals surface area contributed by atoms with E-state index in [1.54, 1.807) is 0 Å². The summed E-state index contributed by atoms with van der Waals surface area (Å²) < 4.78 is 0. The van der Waals surface area contributed by atoms with Crippen molar-refractivity contribution in [3.05, 3.63) is 35.9 Å². The second kappa shape index (κ2) is 7.21. The largest absolute Gasteiger partial charge is 0.394 e. The molecule has 1 aliphatic rings. The molecular formula is C17H28N2O. The Morgan fingerprint density at radius 3 is 2.75 bits per heavy atom. The summed E-state index contributed by atoms with van der Waals surface area (Å²) >= 11 is 0. The van der Waals surface area contributed by atoms with Crippen molar-refractivity contribution in [2.45, 2.75) is 44.2 Å². The predicted octanol–water partition coefficient (Wildman–Crippen LogP) is 2.05. The van der Waals surface area contributed by atoms with E-state index in [0.717, 1.165) is 32.4 Å². The molecule has 0 spiro atoms. The Kier molecular flexibility index (Phi) is 5.58. The van der Waals surface area contributed by atoms with Crippen LogP contribution < -0.4 is 5.32 Å². The molecule has 2 rings (SSSR count). The predicted molar refractivity (Wildman–Crippen MR) is 83.9 cm³/mol. The number of nitrogens with one attached hydrogen (secondary N) is 1. The van der Waals surface area contributed by atoms with E-state index >= 15 is 0 Å². The first-order valence-corrected chi connectivity index (χ1v) is 7.79. The standard InChI is InChI=1S/C17H28N2O/c1-3-18-17(14-20)11-9-16(13-17)19(2)12-10-15-7-5-4-6-8-15/h4-8,16,18,20H,3,9-14H2,1-2H3. The lowest BCUT2D eigenvalue weighted by Gasteiger charge is -2.30. The monoisotopic (exact) mass is 276 g/mol. The van der Waals surface area contributed by atoms with Gasteiger partial charge in [-0.15, -0.1) is 0 Å². The average molecular weight is 276 g/mol. The van der Waals surface area contributed by atoms with Gasteiger partial charge in [-0.1, -0.05) is 37.3 Å². The highest BCUT2D eigenvalue weighted by Gasteiger charge is 2.39. The summed E-state index contributed by atoms with van der Waals surface area (Å²) in [4.78, 5) is 2.46. The van der Waals surface area contributed by atoms with Crippen molar-refractivity contribution in [2.75, 3.05) is 26.7 Å². The van der Waals surface area contributed by atoms with E-state index in [-0.39, 0.29) is 12.1 Å². The van der Waals surface area contributed by atoms with E-state index in [9.17, 15) is 5.11 Å². The third-order valence-electron chi connectivity index (χ3n) is 4.66. The van der Waals surface area contributed by atoms with Gasteiger partial charge in [0, 0.05) is 18.1 Å². The van der Waals surface area contributed by atoms with Crippen molar-refractivity contribution >= 4 is 0 Å². The first-order chi connectivity index (χ1) is 9.69. The second-order valence-corrected chi connectivity index (χ2v) is 6.08. The fourth-order valence-electron chi connectivity index (χ4n) is 3.34. The molecule has 3 heteroatoms. The Morgan fingerprint density at radius 1 is 1.35 bits per heavy atom. The van der Waals surface area contributed by atoms with E-state index in [1.807, 2.05) is 0 Å². The molecule has 3 nitrogen and oxygen atoms in total. The Morgan fingerprint density at radius 2 is 2.10 bits per heavy atom. The minimum absolute atomic E-state index is 0.0412. The van der Waals surface area contributed by atoms with Gasteiger partial charge in [-0.3, -0.25) is 0 Å². The van der Waals surface area contributed by atoms with Gasteiger partial charge in [-0.2, -0.15) is 0 Å². The van der Waals surface area contributed by atoms with Crippen LogP contribution in [0.5, 0.6) is 0 Å². The summed E-state index contributed by atoms with van der Waals surface area (Å²) in [5.41, 5.74) is 1.36. The molecule has 2 unspecified atom stereocenters. The first kappa shape index (κ1) is 15.5. The number of aliphatic hydroxyl groups excluding tert-OH is 1. The van der Waals surface area contributed by atoms with E-state index in [0.29, 0.717) is 6.04 Å². The third-order valence-corrected chi connectivity index (χ3v) is 4.66. The molecule has 0 saturated heterocycles. The summed E-state index contributed by atoms with van der Waals surface area (Å²) in [6, 6.07) is 11.2. The molecule has 1 aromatic carbocycles. The summed E-state index contributed by atoms with van der Waals surface area (Å²) in [6.07, 6.45) is 4.42. The van der Waals surface area contributed by atoms with Crippen LogP contribution in [-0.2, 0) is 6.42 Å². The molecule has 0 radical (unpaired) electrons. The maximum atomic E-state index is 9.67. The second-order valence-electron chi connectivity index (χ2n) is 6.08. The number of nitrogens with zero attached hydrogens (tertiary/aromatic N) is 1. The maximum Gasteiger partial charge on any atom is 0.0613 e. The van der Waals surface area contributed by atoms with Gasteiger partial charge in [-0.05, 0) is 44.8 Å². The smallest absolute Gasteiger partial charge is 0.0613 e. The van der Waals surface area contributed by atoms with Crippen LogP contribution in [-0.4, -0.2) is 48.3 Å². The highest BCUT2D eigenvalue weighted by atomic mass is 16.3.